The van der Waals surface area contributed by atoms with Gasteiger partial charge in [-0.2, -0.15) is 0 Å². The molecule has 0 fully saturated rings. The van der Waals surface area contributed by atoms with Gasteiger partial charge in [0.15, 0.2) is 0 Å². The van der Waals surface area contributed by atoms with Gasteiger partial charge in [0.2, 0.25) is 5.78 Å². The maximum Gasteiger partial charge on any atom is 0.218 e. The molecule has 0 aromatic carbocycles. The van der Waals surface area contributed by atoms with Gasteiger partial charge in [-0.15, -0.1) is 0 Å². The third-order valence-electron chi connectivity index (χ3n) is 1.91. The number of fused-ring (bicyclic) bond motifs is 1. The summed E-state index contributed by atoms with van der Waals surface area (Å²) in [5, 5.41) is 0. The number of allylic oxidation sites excluding steroid dienone is 2. The van der Waals surface area contributed by atoms with E-state index in [1.807, 2.05) is 6.07 Å². The second kappa shape index (κ2) is 3.54. The lowest BCUT2D eigenvalue weighted by Crippen LogP contribution is -2.20. The molecule has 2 rings (SSSR count). The van der Waals surface area contributed by atoms with E-state index in [1.165, 1.54) is 0 Å². The molecule has 0 atom stereocenters. The van der Waals surface area contributed by atoms with Crippen LogP contribution in [-0.4, -0.2) is 10.8 Å². The zero-order valence-corrected chi connectivity index (χ0v) is 11.6. The standard InChI is InChI=1S/C9H4Br3NO/c10-6-4-9(11,12)5-2-1-3-13-7(5)8(6)14/h1-4H. The fourth-order valence-electron chi connectivity index (χ4n) is 1.27. The van der Waals surface area contributed by atoms with Crippen LogP contribution in [0.3, 0.4) is 0 Å². The number of hydrogen-bond acceptors (Lipinski definition) is 2. The number of ketones is 1. The number of nitrogens with zero attached hydrogens (tertiary/aromatic N) is 1. The minimum absolute atomic E-state index is 0.0878. The topological polar surface area (TPSA) is 30.0 Å². The molecular formula is C9H4Br3NO. The average Bonchev–Trinajstić information content (AvgIpc) is 2.14. The van der Waals surface area contributed by atoms with E-state index in [1.54, 1.807) is 18.3 Å². The van der Waals surface area contributed by atoms with Gasteiger partial charge < -0.3 is 0 Å². The van der Waals surface area contributed by atoms with E-state index < -0.39 is 3.23 Å². The zero-order valence-electron chi connectivity index (χ0n) is 6.80. The predicted molar refractivity (Wildman–Crippen MR) is 65.1 cm³/mol. The minimum Gasteiger partial charge on any atom is -0.286 e. The van der Waals surface area contributed by atoms with Gasteiger partial charge in [0.25, 0.3) is 0 Å². The number of rotatable bonds is 0. The Balaban J connectivity index is 2.71. The van der Waals surface area contributed by atoms with Crippen LogP contribution in [0.15, 0.2) is 28.9 Å². The van der Waals surface area contributed by atoms with Crippen molar-refractivity contribution < 1.29 is 4.79 Å². The molecule has 0 bridgehead atoms. The van der Waals surface area contributed by atoms with Crippen molar-refractivity contribution in [3.8, 4) is 0 Å². The Hall–Kier alpha value is -0.000000000000000167. The Morgan fingerprint density at radius 3 is 2.79 bits per heavy atom. The summed E-state index contributed by atoms with van der Waals surface area (Å²) >= 11 is 10.2. The number of alkyl halides is 2. The molecule has 1 aromatic heterocycles. The van der Waals surface area contributed by atoms with Crippen LogP contribution in [0.1, 0.15) is 16.1 Å². The van der Waals surface area contributed by atoms with Crippen LogP contribution in [0.4, 0.5) is 0 Å². The van der Waals surface area contributed by atoms with Crippen LogP contribution in [0.2, 0.25) is 0 Å². The van der Waals surface area contributed by atoms with Crippen molar-refractivity contribution >= 4 is 53.6 Å². The monoisotopic (exact) mass is 379 g/mol. The van der Waals surface area contributed by atoms with Gasteiger partial charge >= 0.3 is 0 Å². The first kappa shape index (κ1) is 10.5. The molecule has 72 valence electrons. The van der Waals surface area contributed by atoms with Crippen LogP contribution in [0, 0.1) is 0 Å². The fraction of sp³-hybridized carbons (Fsp3) is 0.111. The Bertz CT molecular complexity index is 439. The summed E-state index contributed by atoms with van der Waals surface area (Å²) in [7, 11) is 0. The lowest BCUT2D eigenvalue weighted by molar-refractivity contribution is 0.103. The molecule has 2 nitrogen and oxygen atoms in total. The molecule has 0 amide bonds. The summed E-state index contributed by atoms with van der Waals surface area (Å²) in [5.41, 5.74) is 1.30. The molecule has 14 heavy (non-hydrogen) atoms. The molecule has 0 aliphatic heterocycles. The Morgan fingerprint density at radius 1 is 1.36 bits per heavy atom. The van der Waals surface area contributed by atoms with Crippen molar-refractivity contribution in [3.63, 3.8) is 0 Å². The summed E-state index contributed by atoms with van der Waals surface area (Å²) in [6, 6.07) is 3.66. The van der Waals surface area contributed by atoms with Gasteiger partial charge in [-0.05, 0) is 28.1 Å². The minimum atomic E-state index is -0.504. The highest BCUT2D eigenvalue weighted by atomic mass is 79.9. The normalized spacial score (nSPS) is 18.8. The molecule has 0 unspecified atom stereocenters. The maximum absolute atomic E-state index is 11.7. The van der Waals surface area contributed by atoms with E-state index >= 15 is 0 Å². The number of carbonyl (C=O) groups excluding carboxylic acids is 1. The summed E-state index contributed by atoms with van der Waals surface area (Å²) < 4.78 is 0.00789. The molecule has 1 aromatic rings. The number of carbonyl (C=O) groups is 1. The zero-order chi connectivity index (χ0) is 10.3. The smallest absolute Gasteiger partial charge is 0.218 e. The predicted octanol–water partition coefficient (Wildman–Crippen LogP) is 3.50. The molecule has 0 saturated carbocycles. The largest absolute Gasteiger partial charge is 0.286 e. The van der Waals surface area contributed by atoms with Gasteiger partial charge in [0, 0.05) is 11.8 Å². The van der Waals surface area contributed by atoms with Crippen LogP contribution in [0.5, 0.6) is 0 Å². The third-order valence-corrected chi connectivity index (χ3v) is 3.81. The molecule has 0 radical (unpaired) electrons. The van der Waals surface area contributed by atoms with Crippen LogP contribution in [-0.2, 0) is 3.23 Å². The van der Waals surface area contributed by atoms with Gasteiger partial charge in [-0.1, -0.05) is 37.9 Å². The van der Waals surface area contributed by atoms with Gasteiger partial charge in [-0.25, -0.2) is 0 Å². The van der Waals surface area contributed by atoms with E-state index in [0.29, 0.717) is 10.2 Å². The van der Waals surface area contributed by atoms with Crippen molar-refractivity contribution in [3.05, 3.63) is 40.1 Å². The third kappa shape index (κ3) is 1.61. The number of hydrogen-bond donors (Lipinski definition) is 0. The number of halogens is 3. The highest BCUT2D eigenvalue weighted by Crippen LogP contribution is 2.45. The highest BCUT2D eigenvalue weighted by molar-refractivity contribution is 9.25. The van der Waals surface area contributed by atoms with Gasteiger partial charge in [0.1, 0.15) is 8.93 Å². The second-order valence-electron chi connectivity index (χ2n) is 2.84. The molecule has 5 heteroatoms. The summed E-state index contributed by atoms with van der Waals surface area (Å²) in [4.78, 5) is 15.8. The number of pyridine rings is 1. The molecule has 0 saturated heterocycles. The first-order chi connectivity index (χ1) is 6.52. The summed E-state index contributed by atoms with van der Waals surface area (Å²) in [5.74, 6) is -0.0878. The maximum atomic E-state index is 11.7. The lowest BCUT2D eigenvalue weighted by atomic mass is 10.0. The van der Waals surface area contributed by atoms with E-state index in [9.17, 15) is 4.79 Å². The van der Waals surface area contributed by atoms with Gasteiger partial charge in [-0.3, -0.25) is 9.78 Å². The quantitative estimate of drug-likeness (QED) is 0.644. The van der Waals surface area contributed by atoms with E-state index in [0.717, 1.165) is 5.56 Å². The number of aromatic nitrogens is 1. The SMILES string of the molecule is O=C1C(Br)=CC(Br)(Br)c2cccnc21. The van der Waals surface area contributed by atoms with E-state index in [-0.39, 0.29) is 5.78 Å². The molecular weight excluding hydrogens is 378 g/mol. The van der Waals surface area contributed by atoms with E-state index in [2.05, 4.69) is 52.8 Å². The van der Waals surface area contributed by atoms with Crippen molar-refractivity contribution in [2.24, 2.45) is 0 Å². The first-order valence-electron chi connectivity index (χ1n) is 3.79. The molecule has 0 N–H and O–H groups in total. The van der Waals surface area contributed by atoms with E-state index in [4.69, 9.17) is 0 Å². The van der Waals surface area contributed by atoms with Crippen molar-refractivity contribution in [2.75, 3.05) is 0 Å². The molecule has 1 heterocycles. The van der Waals surface area contributed by atoms with Crippen LogP contribution >= 0.6 is 47.8 Å². The molecule has 1 aliphatic rings. The average molecular weight is 382 g/mol. The first-order valence-corrected chi connectivity index (χ1v) is 6.16. The lowest BCUT2D eigenvalue weighted by Gasteiger charge is -2.23. The van der Waals surface area contributed by atoms with Crippen molar-refractivity contribution in [1.29, 1.82) is 0 Å². The van der Waals surface area contributed by atoms with Crippen molar-refractivity contribution in [1.82, 2.24) is 4.98 Å². The Kier molecular flexibility index (Phi) is 2.66. The Morgan fingerprint density at radius 2 is 2.07 bits per heavy atom. The van der Waals surface area contributed by atoms with Crippen LogP contribution < -0.4 is 0 Å². The van der Waals surface area contributed by atoms with Crippen molar-refractivity contribution in [2.45, 2.75) is 3.23 Å². The van der Waals surface area contributed by atoms with Crippen LogP contribution in [0.25, 0.3) is 0 Å². The van der Waals surface area contributed by atoms with Gasteiger partial charge in [0.05, 0.1) is 4.48 Å². The molecule has 1 aliphatic carbocycles. The Labute approximate surface area is 106 Å². The summed E-state index contributed by atoms with van der Waals surface area (Å²) in [6.07, 6.45) is 3.37. The fourth-order valence-corrected chi connectivity index (χ4v) is 3.51. The molecule has 0 spiro atoms. The number of Topliss-reactive ketones (excluding diaryl/α,β-unsaturated/α-hetero) is 1. The highest BCUT2D eigenvalue weighted by Gasteiger charge is 2.34. The second-order valence-corrected chi connectivity index (χ2v) is 7.26. The summed E-state index contributed by atoms with van der Waals surface area (Å²) in [6.45, 7) is 0.